The zero-order chi connectivity index (χ0) is 13.2. The van der Waals surface area contributed by atoms with Crippen LogP contribution in [0.4, 0.5) is 4.79 Å². The molecule has 0 heterocycles. The van der Waals surface area contributed by atoms with Crippen molar-refractivity contribution in [1.82, 2.24) is 10.6 Å². The van der Waals surface area contributed by atoms with E-state index in [1.807, 2.05) is 31.2 Å². The number of rotatable bonds is 7. The van der Waals surface area contributed by atoms with Gasteiger partial charge >= 0.3 is 6.03 Å². The number of urea groups is 1. The molecule has 0 aliphatic carbocycles. The van der Waals surface area contributed by atoms with Gasteiger partial charge in [0.25, 0.3) is 0 Å². The Bertz CT molecular complexity index is 369. The van der Waals surface area contributed by atoms with E-state index in [0.29, 0.717) is 19.8 Å². The third-order valence-corrected chi connectivity index (χ3v) is 2.30. The van der Waals surface area contributed by atoms with Crippen LogP contribution in [-0.4, -0.2) is 33.1 Å². The quantitative estimate of drug-likeness (QED) is 0.570. The lowest BCUT2D eigenvalue weighted by atomic mass is 10.1. The normalized spacial score (nSPS) is 10.1. The van der Waals surface area contributed by atoms with E-state index in [2.05, 4.69) is 10.6 Å². The van der Waals surface area contributed by atoms with Crippen LogP contribution < -0.4 is 10.6 Å². The summed E-state index contributed by atoms with van der Waals surface area (Å²) >= 11 is 0. The molecule has 0 saturated heterocycles. The van der Waals surface area contributed by atoms with E-state index in [0.717, 1.165) is 5.56 Å². The number of methoxy groups -OCH3 is 1. The van der Waals surface area contributed by atoms with Gasteiger partial charge in [0.2, 0.25) is 0 Å². The molecule has 0 fully saturated rings. The smallest absolute Gasteiger partial charge is 0.316 e. The lowest BCUT2D eigenvalue weighted by Crippen LogP contribution is -2.36. The number of carbonyl (C=O) groups is 1. The highest BCUT2D eigenvalue weighted by atomic mass is 16.5. The summed E-state index contributed by atoms with van der Waals surface area (Å²) in [6.07, 6.45) is 0. The Balaban J connectivity index is 2.13. The van der Waals surface area contributed by atoms with Crippen molar-refractivity contribution in [3.8, 4) is 0 Å². The van der Waals surface area contributed by atoms with Crippen LogP contribution >= 0.6 is 0 Å². The van der Waals surface area contributed by atoms with E-state index in [-0.39, 0.29) is 12.8 Å². The fraction of sp³-hybridized carbons (Fsp3) is 0.462. The van der Waals surface area contributed by atoms with Crippen molar-refractivity contribution in [3.63, 3.8) is 0 Å². The molecule has 2 N–H and O–H groups in total. The van der Waals surface area contributed by atoms with E-state index >= 15 is 0 Å². The fourth-order valence-corrected chi connectivity index (χ4v) is 1.40. The molecule has 0 saturated carbocycles. The van der Waals surface area contributed by atoms with Crippen molar-refractivity contribution >= 4 is 6.03 Å². The van der Waals surface area contributed by atoms with E-state index in [1.165, 1.54) is 5.56 Å². The van der Waals surface area contributed by atoms with Crippen molar-refractivity contribution in [2.24, 2.45) is 0 Å². The number of hydrogen-bond donors (Lipinski definition) is 2. The lowest BCUT2D eigenvalue weighted by Gasteiger charge is -2.08. The monoisotopic (exact) mass is 252 g/mol. The average molecular weight is 252 g/mol. The highest BCUT2D eigenvalue weighted by Gasteiger charge is 1.99. The molecular weight excluding hydrogens is 232 g/mol. The van der Waals surface area contributed by atoms with Gasteiger partial charge in [-0.1, -0.05) is 29.8 Å². The SMILES string of the molecule is COCCOCNC(=O)NCc1cccc(C)c1. The Hall–Kier alpha value is -1.59. The molecule has 0 radical (unpaired) electrons. The van der Waals surface area contributed by atoms with Gasteiger partial charge in [0.05, 0.1) is 13.2 Å². The maximum atomic E-state index is 11.4. The molecule has 18 heavy (non-hydrogen) atoms. The van der Waals surface area contributed by atoms with Crippen molar-refractivity contribution in [2.45, 2.75) is 13.5 Å². The Morgan fingerprint density at radius 3 is 2.83 bits per heavy atom. The van der Waals surface area contributed by atoms with Crippen LogP contribution in [0.3, 0.4) is 0 Å². The van der Waals surface area contributed by atoms with Crippen LogP contribution in [0.1, 0.15) is 11.1 Å². The van der Waals surface area contributed by atoms with Crippen molar-refractivity contribution in [1.29, 1.82) is 0 Å². The van der Waals surface area contributed by atoms with E-state index < -0.39 is 0 Å². The number of aryl methyl sites for hydroxylation is 1. The van der Waals surface area contributed by atoms with Gasteiger partial charge < -0.3 is 20.1 Å². The van der Waals surface area contributed by atoms with Crippen LogP contribution in [0, 0.1) is 6.92 Å². The largest absolute Gasteiger partial charge is 0.382 e. The molecule has 2 amide bonds. The number of carbonyl (C=O) groups excluding carboxylic acids is 1. The van der Waals surface area contributed by atoms with E-state index in [9.17, 15) is 4.79 Å². The summed E-state index contributed by atoms with van der Waals surface area (Å²) in [5.41, 5.74) is 2.25. The second-order valence-corrected chi connectivity index (χ2v) is 3.89. The topological polar surface area (TPSA) is 59.6 Å². The molecule has 0 bridgehead atoms. The molecule has 1 rings (SSSR count). The van der Waals surface area contributed by atoms with Gasteiger partial charge in [-0.3, -0.25) is 0 Å². The molecule has 0 spiro atoms. The summed E-state index contributed by atoms with van der Waals surface area (Å²) in [6, 6.07) is 7.76. The van der Waals surface area contributed by atoms with Crippen LogP contribution in [0.2, 0.25) is 0 Å². The molecular formula is C13H20N2O3. The highest BCUT2D eigenvalue weighted by Crippen LogP contribution is 2.02. The predicted molar refractivity (Wildman–Crippen MR) is 69.2 cm³/mol. The van der Waals surface area contributed by atoms with Crippen LogP contribution in [0.5, 0.6) is 0 Å². The minimum Gasteiger partial charge on any atom is -0.382 e. The first kappa shape index (κ1) is 14.5. The molecule has 0 aliphatic rings. The lowest BCUT2D eigenvalue weighted by molar-refractivity contribution is 0.0642. The molecule has 5 nitrogen and oxygen atoms in total. The van der Waals surface area contributed by atoms with E-state index in [4.69, 9.17) is 9.47 Å². The number of nitrogens with one attached hydrogen (secondary N) is 2. The Kier molecular flexibility index (Phi) is 6.83. The van der Waals surface area contributed by atoms with Gasteiger partial charge in [-0.25, -0.2) is 4.79 Å². The zero-order valence-corrected chi connectivity index (χ0v) is 10.9. The second kappa shape index (κ2) is 8.49. The fourth-order valence-electron chi connectivity index (χ4n) is 1.40. The molecule has 100 valence electrons. The number of benzene rings is 1. The van der Waals surface area contributed by atoms with E-state index in [1.54, 1.807) is 7.11 Å². The minimum absolute atomic E-state index is 0.184. The summed E-state index contributed by atoms with van der Waals surface area (Å²) in [4.78, 5) is 11.4. The van der Waals surface area contributed by atoms with Crippen LogP contribution in [0.25, 0.3) is 0 Å². The van der Waals surface area contributed by atoms with Gasteiger partial charge in [0, 0.05) is 13.7 Å². The Labute approximate surface area is 107 Å². The first-order chi connectivity index (χ1) is 8.72. The molecule has 0 unspecified atom stereocenters. The molecule has 0 atom stereocenters. The number of amides is 2. The van der Waals surface area contributed by atoms with Gasteiger partial charge in [-0.05, 0) is 12.5 Å². The zero-order valence-electron chi connectivity index (χ0n) is 10.9. The highest BCUT2D eigenvalue weighted by molar-refractivity contribution is 5.73. The van der Waals surface area contributed by atoms with Gasteiger partial charge in [0.1, 0.15) is 6.73 Å². The Morgan fingerprint density at radius 2 is 2.11 bits per heavy atom. The maximum Gasteiger partial charge on any atom is 0.316 e. The van der Waals surface area contributed by atoms with Gasteiger partial charge in [-0.15, -0.1) is 0 Å². The molecule has 1 aromatic rings. The second-order valence-electron chi connectivity index (χ2n) is 3.89. The maximum absolute atomic E-state index is 11.4. The first-order valence-electron chi connectivity index (χ1n) is 5.86. The molecule has 1 aromatic carbocycles. The van der Waals surface area contributed by atoms with Crippen LogP contribution in [-0.2, 0) is 16.0 Å². The minimum atomic E-state index is -0.242. The molecule has 0 aromatic heterocycles. The third-order valence-electron chi connectivity index (χ3n) is 2.30. The third kappa shape index (κ3) is 6.22. The van der Waals surface area contributed by atoms with Crippen molar-refractivity contribution < 1.29 is 14.3 Å². The summed E-state index contributed by atoms with van der Waals surface area (Å²) in [5, 5.41) is 5.35. The number of ether oxygens (including phenoxy) is 2. The summed E-state index contributed by atoms with van der Waals surface area (Å²) in [7, 11) is 1.60. The Morgan fingerprint density at radius 1 is 1.28 bits per heavy atom. The van der Waals surface area contributed by atoms with Crippen molar-refractivity contribution in [3.05, 3.63) is 35.4 Å². The molecule has 0 aliphatic heterocycles. The van der Waals surface area contributed by atoms with Gasteiger partial charge in [-0.2, -0.15) is 0 Å². The number of hydrogen-bond acceptors (Lipinski definition) is 3. The molecule has 5 heteroatoms. The standard InChI is InChI=1S/C13H20N2O3/c1-11-4-3-5-12(8-11)9-14-13(16)15-10-18-7-6-17-2/h3-5,8H,6-7,9-10H2,1-2H3,(H2,14,15,16). The summed E-state index contributed by atoms with van der Waals surface area (Å²) in [6.45, 7) is 3.70. The first-order valence-corrected chi connectivity index (χ1v) is 5.86. The van der Waals surface area contributed by atoms with Crippen molar-refractivity contribution in [2.75, 3.05) is 27.1 Å². The van der Waals surface area contributed by atoms with Gasteiger partial charge in [0.15, 0.2) is 0 Å². The predicted octanol–water partition coefficient (Wildman–Crippen LogP) is 1.41. The van der Waals surface area contributed by atoms with Crippen LogP contribution in [0.15, 0.2) is 24.3 Å². The average Bonchev–Trinajstić information content (AvgIpc) is 2.36. The summed E-state index contributed by atoms with van der Waals surface area (Å²) in [5.74, 6) is 0. The summed E-state index contributed by atoms with van der Waals surface area (Å²) < 4.78 is 9.93.